The van der Waals surface area contributed by atoms with Crippen LogP contribution in [0.5, 0.6) is 0 Å². The molecule has 2 aliphatic rings. The fraction of sp³-hybridized carbons (Fsp3) is 0.433. The first-order valence-corrected chi connectivity index (χ1v) is 16.1. The Hall–Kier alpha value is -2.44. The number of pyridine rings is 1. The molecule has 2 fully saturated rings. The number of aromatic nitrogens is 1. The molecule has 4 heterocycles. The summed E-state index contributed by atoms with van der Waals surface area (Å²) in [5, 5.41) is 8.99. The van der Waals surface area contributed by atoms with E-state index in [9.17, 15) is 9.59 Å². The Morgan fingerprint density at radius 2 is 1.77 bits per heavy atom. The summed E-state index contributed by atoms with van der Waals surface area (Å²) in [6.07, 6.45) is 3.86. The van der Waals surface area contributed by atoms with Crippen molar-refractivity contribution in [2.75, 3.05) is 70.8 Å². The Balaban J connectivity index is 0.000000199. The molecule has 0 bridgehead atoms. The van der Waals surface area contributed by atoms with E-state index in [0.29, 0.717) is 50.6 Å². The molecule has 9 nitrogen and oxygen atoms in total. The number of nitrogens with zero attached hydrogens (tertiary/aromatic N) is 4. The lowest BCUT2D eigenvalue weighted by Crippen LogP contribution is -2.41. The van der Waals surface area contributed by atoms with Crippen molar-refractivity contribution in [3.63, 3.8) is 0 Å². The van der Waals surface area contributed by atoms with Crippen LogP contribution in [0.1, 0.15) is 38.4 Å². The summed E-state index contributed by atoms with van der Waals surface area (Å²) in [7, 11) is 5.94. The predicted molar refractivity (Wildman–Crippen MR) is 176 cm³/mol. The number of carbonyl (C=O) groups is 2. The highest BCUT2D eigenvalue weighted by molar-refractivity contribution is 7.13. The van der Waals surface area contributed by atoms with Crippen molar-refractivity contribution in [3.8, 4) is 0 Å². The molecule has 0 atom stereocenters. The average molecular weight is 668 g/mol. The van der Waals surface area contributed by atoms with E-state index < -0.39 is 0 Å². The van der Waals surface area contributed by atoms with E-state index in [1.807, 2.05) is 17.5 Å². The molecule has 2 amide bonds. The molecule has 232 valence electrons. The van der Waals surface area contributed by atoms with Crippen LogP contribution < -0.4 is 15.5 Å². The van der Waals surface area contributed by atoms with E-state index in [1.165, 1.54) is 30.4 Å². The van der Waals surface area contributed by atoms with Crippen LogP contribution >= 0.6 is 46.1 Å². The van der Waals surface area contributed by atoms with Crippen molar-refractivity contribution >= 4 is 69.5 Å². The SMILES string of the molecule is CNC(=O)c1scc(CN(C)C2CCN(C)CC2)c1Cl.O=C(Nc1ccc(Cl)cn1)c1cc(Cl)cc(N2CCOCC2)c1. The second kappa shape index (κ2) is 16.0. The van der Waals surface area contributed by atoms with Crippen LogP contribution in [0, 0.1) is 0 Å². The van der Waals surface area contributed by atoms with Gasteiger partial charge in [0.15, 0.2) is 0 Å². The van der Waals surface area contributed by atoms with E-state index in [0.717, 1.165) is 44.0 Å². The van der Waals surface area contributed by atoms with Crippen LogP contribution in [0.4, 0.5) is 11.5 Å². The van der Waals surface area contributed by atoms with Gasteiger partial charge in [-0.1, -0.05) is 34.8 Å². The first-order chi connectivity index (χ1) is 20.6. The molecule has 2 saturated heterocycles. The minimum atomic E-state index is -0.267. The summed E-state index contributed by atoms with van der Waals surface area (Å²) in [6, 6.07) is 9.23. The maximum Gasteiger partial charge on any atom is 0.262 e. The molecule has 0 aliphatic carbocycles. The third kappa shape index (κ3) is 9.52. The summed E-state index contributed by atoms with van der Waals surface area (Å²) in [5.74, 6) is 0.0670. The van der Waals surface area contributed by atoms with Gasteiger partial charge in [0.2, 0.25) is 0 Å². The quantitative estimate of drug-likeness (QED) is 0.331. The van der Waals surface area contributed by atoms with E-state index in [1.54, 1.807) is 25.2 Å². The van der Waals surface area contributed by atoms with E-state index >= 15 is 0 Å². The predicted octanol–water partition coefficient (Wildman–Crippen LogP) is 5.76. The zero-order chi connectivity index (χ0) is 30.9. The smallest absolute Gasteiger partial charge is 0.262 e. The highest BCUT2D eigenvalue weighted by Gasteiger charge is 2.23. The Morgan fingerprint density at radius 1 is 1.05 bits per heavy atom. The van der Waals surface area contributed by atoms with Crippen LogP contribution in [-0.4, -0.2) is 93.2 Å². The Labute approximate surface area is 272 Å². The zero-order valence-electron chi connectivity index (χ0n) is 24.5. The van der Waals surface area contributed by atoms with Gasteiger partial charge in [0.05, 0.1) is 23.3 Å². The number of morpholine rings is 1. The number of likely N-dealkylation sites (tertiary alicyclic amines) is 1. The number of benzene rings is 1. The van der Waals surface area contributed by atoms with Gasteiger partial charge in [-0.05, 0) is 81.3 Å². The second-order valence-corrected chi connectivity index (χ2v) is 12.7. The van der Waals surface area contributed by atoms with Gasteiger partial charge >= 0.3 is 0 Å². The third-order valence-electron chi connectivity index (χ3n) is 7.45. The van der Waals surface area contributed by atoms with Crippen LogP contribution in [-0.2, 0) is 11.3 Å². The number of carbonyl (C=O) groups excluding carboxylic acids is 2. The van der Waals surface area contributed by atoms with Gasteiger partial charge in [0.1, 0.15) is 10.7 Å². The van der Waals surface area contributed by atoms with Crippen LogP contribution in [0.3, 0.4) is 0 Å². The number of anilines is 2. The average Bonchev–Trinajstić information content (AvgIpc) is 3.38. The maximum atomic E-state index is 12.4. The van der Waals surface area contributed by atoms with Crippen molar-refractivity contribution in [1.29, 1.82) is 0 Å². The molecule has 0 saturated carbocycles. The number of rotatable bonds is 7. The molecule has 2 aliphatic heterocycles. The van der Waals surface area contributed by atoms with E-state index in [4.69, 9.17) is 39.5 Å². The second-order valence-electron chi connectivity index (χ2n) is 10.5. The number of nitrogens with one attached hydrogen (secondary N) is 2. The first-order valence-electron chi connectivity index (χ1n) is 14.1. The lowest BCUT2D eigenvalue weighted by molar-refractivity contribution is 0.0966. The van der Waals surface area contributed by atoms with Crippen molar-refractivity contribution in [2.24, 2.45) is 0 Å². The highest BCUT2D eigenvalue weighted by Crippen LogP contribution is 2.30. The molecule has 3 aromatic rings. The van der Waals surface area contributed by atoms with Gasteiger partial charge in [0.25, 0.3) is 11.8 Å². The van der Waals surface area contributed by atoms with Gasteiger partial charge in [0, 0.05) is 55.2 Å². The monoisotopic (exact) mass is 666 g/mol. The third-order valence-corrected chi connectivity index (χ3v) is 9.47. The molecular weight excluding hydrogens is 631 g/mol. The summed E-state index contributed by atoms with van der Waals surface area (Å²) in [6.45, 7) is 6.00. The Bertz CT molecular complexity index is 1380. The van der Waals surface area contributed by atoms with Gasteiger partial charge < -0.3 is 25.2 Å². The molecule has 43 heavy (non-hydrogen) atoms. The Kier molecular flexibility index (Phi) is 12.5. The number of thiophene rings is 1. The summed E-state index contributed by atoms with van der Waals surface area (Å²) in [4.78, 5) is 35.6. The van der Waals surface area contributed by atoms with Crippen molar-refractivity contribution in [2.45, 2.75) is 25.4 Å². The topological polar surface area (TPSA) is 90.0 Å². The highest BCUT2D eigenvalue weighted by atomic mass is 35.5. The van der Waals surface area contributed by atoms with E-state index in [2.05, 4.69) is 44.4 Å². The van der Waals surface area contributed by atoms with Crippen molar-refractivity contribution in [1.82, 2.24) is 20.1 Å². The number of amides is 2. The number of piperidine rings is 1. The fourth-order valence-electron chi connectivity index (χ4n) is 4.93. The molecule has 0 radical (unpaired) electrons. The molecule has 2 aromatic heterocycles. The Morgan fingerprint density at radius 3 is 2.42 bits per heavy atom. The maximum absolute atomic E-state index is 12.4. The van der Waals surface area contributed by atoms with Crippen LogP contribution in [0.15, 0.2) is 41.9 Å². The number of halogens is 3. The van der Waals surface area contributed by atoms with Crippen molar-refractivity contribution < 1.29 is 14.3 Å². The largest absolute Gasteiger partial charge is 0.378 e. The molecule has 2 N–H and O–H groups in total. The number of hydrogen-bond donors (Lipinski definition) is 2. The molecule has 1 aromatic carbocycles. The number of hydrogen-bond acceptors (Lipinski definition) is 8. The minimum Gasteiger partial charge on any atom is -0.378 e. The zero-order valence-corrected chi connectivity index (χ0v) is 27.6. The van der Waals surface area contributed by atoms with Gasteiger partial charge in [-0.2, -0.15) is 0 Å². The summed E-state index contributed by atoms with van der Waals surface area (Å²) in [5.41, 5.74) is 2.45. The van der Waals surface area contributed by atoms with Crippen LogP contribution in [0.25, 0.3) is 0 Å². The van der Waals surface area contributed by atoms with E-state index in [-0.39, 0.29) is 11.8 Å². The standard InChI is InChI=1S/C16H15Cl2N3O2.C14H22ClN3OS/c17-12-1-2-15(19-10-12)20-16(22)11-7-13(18)9-14(8-11)21-3-5-23-6-4-21;1-16-14(19)13-12(15)10(9-20-13)8-18(3)11-4-6-17(2)7-5-11/h1-2,7-10H,3-6H2,(H,19,20,22);9,11H,4-8H2,1-3H3,(H,16,19). The molecule has 5 rings (SSSR count). The summed E-state index contributed by atoms with van der Waals surface area (Å²) < 4.78 is 5.34. The lowest BCUT2D eigenvalue weighted by atomic mass is 10.0. The normalized spacial score (nSPS) is 16.0. The lowest BCUT2D eigenvalue weighted by Gasteiger charge is -2.35. The van der Waals surface area contributed by atoms with Gasteiger partial charge in [-0.15, -0.1) is 11.3 Å². The fourth-order valence-corrected chi connectivity index (χ4v) is 6.57. The summed E-state index contributed by atoms with van der Waals surface area (Å²) >= 11 is 19.7. The molecule has 0 spiro atoms. The molecule has 13 heteroatoms. The number of ether oxygens (including phenoxy) is 1. The molecular formula is C30H37Cl3N6O3S. The van der Waals surface area contributed by atoms with Crippen molar-refractivity contribution in [3.05, 3.63) is 73.0 Å². The van der Waals surface area contributed by atoms with Gasteiger partial charge in [-0.3, -0.25) is 14.5 Å². The molecule has 0 unspecified atom stereocenters. The minimum absolute atomic E-state index is 0.104. The van der Waals surface area contributed by atoms with Gasteiger partial charge in [-0.25, -0.2) is 4.98 Å². The van der Waals surface area contributed by atoms with Crippen LogP contribution in [0.2, 0.25) is 15.1 Å². The first kappa shape index (κ1) is 33.5.